The highest BCUT2D eigenvalue weighted by Gasteiger charge is 2.06. The number of nitrogens with zero attached hydrogens (tertiary/aromatic N) is 3. The Bertz CT molecular complexity index is 1740. The minimum atomic E-state index is -1.52. The van der Waals surface area contributed by atoms with Crippen LogP contribution in [0.25, 0.3) is 43.6 Å². The monoisotopic (exact) mass is 527 g/mol. The second-order valence-corrected chi connectivity index (χ2v) is 8.53. The molecule has 2 N–H and O–H groups in total. The van der Waals surface area contributed by atoms with E-state index in [1.54, 1.807) is 0 Å². The Morgan fingerprint density at radius 1 is 0.525 bits per heavy atom. The normalized spacial score (nSPS) is 10.4. The Hall–Kier alpha value is -5.83. The van der Waals surface area contributed by atoms with Crippen molar-refractivity contribution in [1.82, 2.24) is 15.0 Å². The minimum Gasteiger partial charge on any atom is -0.543 e. The first kappa shape index (κ1) is 25.8. The molecule has 0 unspecified atom stereocenters. The molecule has 0 fully saturated rings. The van der Waals surface area contributed by atoms with Crippen molar-refractivity contribution in [2.24, 2.45) is 0 Å². The highest BCUT2D eigenvalue weighted by atomic mass is 16.4. The van der Waals surface area contributed by atoms with Gasteiger partial charge in [0, 0.05) is 46.1 Å². The molecule has 0 aliphatic carbocycles. The molecule has 40 heavy (non-hydrogen) atoms. The predicted octanol–water partition coefficient (Wildman–Crippen LogP) is 2.21. The molecule has 7 rings (SSSR count). The number of aromatic amines is 2. The number of carbonyl (C=O) groups excluding carboxylic acids is 2. The maximum absolute atomic E-state index is 10.2. The Morgan fingerprint density at radius 2 is 0.950 bits per heavy atom. The van der Waals surface area contributed by atoms with Crippen LogP contribution in [0.4, 0.5) is 0 Å². The zero-order chi connectivity index (χ0) is 27.9. The fraction of sp³-hybridized carbons (Fsp3) is 0. The van der Waals surface area contributed by atoms with Gasteiger partial charge in [0.05, 0.1) is 23.3 Å². The molecule has 9 heteroatoms. The lowest BCUT2D eigenvalue weighted by atomic mass is 10.1. The second-order valence-electron chi connectivity index (χ2n) is 8.53. The molecule has 0 radical (unpaired) electrons. The third kappa shape index (κ3) is 5.68. The lowest BCUT2D eigenvalue weighted by Gasteiger charge is -2.04. The summed E-state index contributed by atoms with van der Waals surface area (Å²) < 4.78 is 0. The number of carboxylic acids is 2. The van der Waals surface area contributed by atoms with Gasteiger partial charge in [-0.25, -0.2) is 24.9 Å². The van der Waals surface area contributed by atoms with Crippen molar-refractivity contribution in [3.05, 3.63) is 127 Å². The summed E-state index contributed by atoms with van der Waals surface area (Å²) in [6.07, 6.45) is 7.50. The van der Waals surface area contributed by atoms with Gasteiger partial charge in [-0.15, -0.1) is 0 Å². The summed E-state index contributed by atoms with van der Waals surface area (Å²) in [6.45, 7) is 0. The van der Waals surface area contributed by atoms with Crippen molar-refractivity contribution in [1.29, 1.82) is 0 Å². The third-order valence-electron chi connectivity index (χ3n) is 5.98. The van der Waals surface area contributed by atoms with E-state index < -0.39 is 23.3 Å². The fourth-order valence-corrected chi connectivity index (χ4v) is 4.13. The van der Waals surface area contributed by atoms with Crippen LogP contribution >= 0.6 is 0 Å². The zero-order valence-corrected chi connectivity index (χ0v) is 20.9. The van der Waals surface area contributed by atoms with Gasteiger partial charge < -0.3 is 19.8 Å². The molecule has 0 atom stereocenters. The molecule has 7 aromatic rings. The van der Waals surface area contributed by atoms with Crippen molar-refractivity contribution in [2.75, 3.05) is 0 Å². The van der Waals surface area contributed by atoms with Gasteiger partial charge in [-0.1, -0.05) is 30.3 Å². The minimum absolute atomic E-state index is 0.420. The Kier molecular flexibility index (Phi) is 7.55. The quantitative estimate of drug-likeness (QED) is 0.313. The van der Waals surface area contributed by atoms with Crippen LogP contribution in [0.15, 0.2) is 116 Å². The second kappa shape index (κ2) is 11.7. The number of H-pyrrole nitrogens is 2. The lowest BCUT2D eigenvalue weighted by molar-refractivity contribution is -0.343. The maximum atomic E-state index is 10.2. The highest BCUT2D eigenvalue weighted by molar-refractivity contribution is 6.01. The largest absolute Gasteiger partial charge is 0.543 e. The molecule has 0 amide bonds. The van der Waals surface area contributed by atoms with Crippen molar-refractivity contribution < 1.29 is 29.8 Å². The number of pyridine rings is 5. The summed E-state index contributed by atoms with van der Waals surface area (Å²) in [5.41, 5.74) is 3.43. The molecule has 0 spiro atoms. The number of carboxylic acid groups (broad SMARTS) is 2. The van der Waals surface area contributed by atoms with E-state index in [9.17, 15) is 19.8 Å². The Labute approximate surface area is 227 Å². The lowest BCUT2D eigenvalue weighted by Crippen LogP contribution is -2.27. The number of hydrogen-bond acceptors (Lipinski definition) is 7. The average Bonchev–Trinajstić information content (AvgIpc) is 3.01. The van der Waals surface area contributed by atoms with Gasteiger partial charge in [0.15, 0.2) is 12.4 Å². The molecule has 0 saturated heterocycles. The van der Waals surface area contributed by atoms with Gasteiger partial charge in [-0.2, -0.15) is 0 Å². The molecule has 2 aromatic carbocycles. The van der Waals surface area contributed by atoms with Gasteiger partial charge in [0.2, 0.25) is 11.0 Å². The van der Waals surface area contributed by atoms with Crippen LogP contribution in [0.1, 0.15) is 21.0 Å². The van der Waals surface area contributed by atoms with Crippen LogP contribution in [-0.4, -0.2) is 26.9 Å². The molecule has 9 nitrogen and oxygen atoms in total. The van der Waals surface area contributed by atoms with Crippen LogP contribution in [-0.2, 0) is 0 Å². The summed E-state index contributed by atoms with van der Waals surface area (Å²) >= 11 is 0. The van der Waals surface area contributed by atoms with E-state index in [-0.39, 0.29) is 0 Å². The first-order valence-electron chi connectivity index (χ1n) is 12.2. The van der Waals surface area contributed by atoms with Gasteiger partial charge in [-0.3, -0.25) is 0 Å². The Morgan fingerprint density at radius 3 is 1.40 bits per heavy atom. The zero-order valence-electron chi connectivity index (χ0n) is 20.9. The van der Waals surface area contributed by atoms with Crippen molar-refractivity contribution in [3.63, 3.8) is 0 Å². The van der Waals surface area contributed by atoms with Gasteiger partial charge in [-0.05, 0) is 48.5 Å². The van der Waals surface area contributed by atoms with Gasteiger partial charge in [0.25, 0.3) is 0 Å². The van der Waals surface area contributed by atoms with E-state index in [0.717, 1.165) is 34.2 Å². The molecular weight excluding hydrogens is 506 g/mol. The average molecular weight is 528 g/mol. The summed E-state index contributed by atoms with van der Waals surface area (Å²) in [6, 6.07) is 28.2. The predicted molar refractivity (Wildman–Crippen MR) is 145 cm³/mol. The van der Waals surface area contributed by atoms with E-state index >= 15 is 0 Å². The molecule has 0 bridgehead atoms. The van der Waals surface area contributed by atoms with Crippen LogP contribution in [0, 0.1) is 0 Å². The summed E-state index contributed by atoms with van der Waals surface area (Å²) in [4.78, 5) is 38.8. The van der Waals surface area contributed by atoms with Crippen molar-refractivity contribution >= 4 is 55.6 Å². The number of aromatic nitrogens is 5. The SMILES string of the molecule is O=C([O-])c1cccc(C(=O)[O-])n1.c1cnc2c(c1)ccc1ccc[nH+]c12.c1cnc2c(c1)ccc1ccc[nH+]c12. The maximum Gasteiger partial charge on any atom is 0.237 e. The molecule has 194 valence electrons. The van der Waals surface area contributed by atoms with Crippen LogP contribution < -0.4 is 20.2 Å². The number of aromatic carboxylic acids is 2. The first-order valence-corrected chi connectivity index (χ1v) is 12.2. The van der Waals surface area contributed by atoms with Crippen molar-refractivity contribution in [2.45, 2.75) is 0 Å². The van der Waals surface area contributed by atoms with Crippen LogP contribution in [0.2, 0.25) is 0 Å². The standard InChI is InChI=1S/2C12H8N2.C7H5NO4/c2*1-3-9-5-6-10-4-2-8-14-12(10)11(9)13-7-1;9-6(10)4-2-1-3-5(8-4)7(11)12/h2*1-8H;1-3H,(H,9,10)(H,11,12). The van der Waals surface area contributed by atoms with E-state index in [1.807, 2.05) is 49.1 Å². The van der Waals surface area contributed by atoms with E-state index in [1.165, 1.54) is 27.6 Å². The molecule has 0 aliphatic rings. The van der Waals surface area contributed by atoms with E-state index in [0.29, 0.717) is 0 Å². The van der Waals surface area contributed by atoms with Crippen LogP contribution in [0.3, 0.4) is 0 Å². The summed E-state index contributed by atoms with van der Waals surface area (Å²) in [5, 5.41) is 25.1. The third-order valence-corrected chi connectivity index (χ3v) is 5.98. The number of nitrogens with one attached hydrogen (secondary N) is 2. The number of hydrogen-bond donors (Lipinski definition) is 0. The smallest absolute Gasteiger partial charge is 0.237 e. The summed E-state index contributed by atoms with van der Waals surface area (Å²) in [5.74, 6) is -3.03. The van der Waals surface area contributed by atoms with E-state index in [2.05, 4.69) is 73.5 Å². The van der Waals surface area contributed by atoms with Gasteiger partial charge >= 0.3 is 0 Å². The highest BCUT2D eigenvalue weighted by Crippen LogP contribution is 2.19. The van der Waals surface area contributed by atoms with Crippen LogP contribution in [0.5, 0.6) is 0 Å². The fourth-order valence-electron chi connectivity index (χ4n) is 4.13. The number of carbonyl (C=O) groups is 2. The molecular formula is C31H21N5O4. The van der Waals surface area contributed by atoms with Crippen molar-refractivity contribution in [3.8, 4) is 0 Å². The molecule has 0 saturated carbocycles. The number of rotatable bonds is 2. The first-order chi connectivity index (χ1) is 19.5. The summed E-state index contributed by atoms with van der Waals surface area (Å²) in [7, 11) is 0. The van der Waals surface area contributed by atoms with Gasteiger partial charge in [0.1, 0.15) is 11.0 Å². The topological polar surface area (TPSA) is 147 Å². The number of benzene rings is 2. The van der Waals surface area contributed by atoms with E-state index in [4.69, 9.17) is 0 Å². The molecule has 5 heterocycles. The molecule has 0 aliphatic heterocycles. The Balaban J connectivity index is 0.000000122. The molecule has 5 aromatic heterocycles. The number of fused-ring (bicyclic) bond motifs is 6.